The molecule has 0 saturated heterocycles. The van der Waals surface area contributed by atoms with Crippen LogP contribution in [0, 0.1) is 0 Å². The van der Waals surface area contributed by atoms with Gasteiger partial charge < -0.3 is 4.74 Å². The van der Waals surface area contributed by atoms with Crippen LogP contribution in [-0.4, -0.2) is 17.6 Å². The van der Waals surface area contributed by atoms with Gasteiger partial charge in [-0.15, -0.1) is 0 Å². The summed E-state index contributed by atoms with van der Waals surface area (Å²) < 4.78 is 4.90. The minimum absolute atomic E-state index is 0.0185. The summed E-state index contributed by atoms with van der Waals surface area (Å²) in [6, 6.07) is 5.48. The van der Waals surface area contributed by atoms with E-state index in [1.54, 1.807) is 13.0 Å². The lowest BCUT2D eigenvalue weighted by Gasteiger charge is -2.10. The molecule has 1 heterocycles. The molecule has 1 atom stereocenters. The van der Waals surface area contributed by atoms with Crippen molar-refractivity contribution in [1.82, 2.24) is 4.98 Å². The number of aromatic nitrogens is 1. The zero-order valence-electron chi connectivity index (χ0n) is 10.5. The fourth-order valence-corrected chi connectivity index (χ4v) is 1.54. The SMILES string of the molecule is CCOC(=O)CC(C)c1cccc(CN=[N+]=[N-])n1. The Bertz CT molecular complexity index is 455. The second-order valence-corrected chi connectivity index (χ2v) is 3.85. The van der Waals surface area contributed by atoms with Crippen molar-refractivity contribution in [2.75, 3.05) is 6.61 Å². The average Bonchev–Trinajstić information content (AvgIpc) is 2.37. The summed E-state index contributed by atoms with van der Waals surface area (Å²) in [4.78, 5) is 18.4. The van der Waals surface area contributed by atoms with Gasteiger partial charge in [-0.25, -0.2) is 0 Å². The van der Waals surface area contributed by atoms with Crippen LogP contribution in [0.2, 0.25) is 0 Å². The molecular formula is C12H16N4O2. The van der Waals surface area contributed by atoms with Gasteiger partial charge in [0.25, 0.3) is 0 Å². The van der Waals surface area contributed by atoms with Crippen LogP contribution < -0.4 is 0 Å². The fraction of sp³-hybridized carbons (Fsp3) is 0.500. The molecule has 0 spiro atoms. The van der Waals surface area contributed by atoms with Crippen LogP contribution in [0.4, 0.5) is 0 Å². The molecule has 0 aliphatic rings. The Hall–Kier alpha value is -2.07. The Balaban J connectivity index is 2.70. The molecule has 1 aromatic rings. The average molecular weight is 248 g/mol. The Labute approximate surface area is 106 Å². The highest BCUT2D eigenvalue weighted by Gasteiger charge is 2.13. The van der Waals surface area contributed by atoms with Gasteiger partial charge in [0, 0.05) is 22.2 Å². The van der Waals surface area contributed by atoms with Crippen molar-refractivity contribution in [3.8, 4) is 0 Å². The molecule has 6 heteroatoms. The van der Waals surface area contributed by atoms with E-state index < -0.39 is 0 Å². The number of esters is 1. The second kappa shape index (κ2) is 7.29. The molecule has 0 aliphatic heterocycles. The van der Waals surface area contributed by atoms with Gasteiger partial charge in [-0.2, -0.15) is 0 Å². The lowest BCUT2D eigenvalue weighted by Crippen LogP contribution is -2.09. The van der Waals surface area contributed by atoms with Crippen LogP contribution in [0.25, 0.3) is 10.4 Å². The molecule has 1 rings (SSSR count). The summed E-state index contributed by atoms with van der Waals surface area (Å²) >= 11 is 0. The molecule has 0 amide bonds. The molecule has 1 unspecified atom stereocenters. The van der Waals surface area contributed by atoms with Crippen molar-refractivity contribution < 1.29 is 9.53 Å². The van der Waals surface area contributed by atoms with E-state index >= 15 is 0 Å². The second-order valence-electron chi connectivity index (χ2n) is 3.85. The molecule has 6 nitrogen and oxygen atoms in total. The van der Waals surface area contributed by atoms with Crippen LogP contribution in [0.1, 0.15) is 37.6 Å². The van der Waals surface area contributed by atoms with Crippen LogP contribution in [-0.2, 0) is 16.1 Å². The zero-order chi connectivity index (χ0) is 13.4. The molecule has 0 radical (unpaired) electrons. The quantitative estimate of drug-likeness (QED) is 0.335. The summed E-state index contributed by atoms with van der Waals surface area (Å²) in [5.41, 5.74) is 9.75. The Morgan fingerprint density at radius 2 is 2.39 bits per heavy atom. The van der Waals surface area contributed by atoms with E-state index in [9.17, 15) is 4.79 Å². The molecule has 0 saturated carbocycles. The number of ether oxygens (including phenoxy) is 1. The van der Waals surface area contributed by atoms with E-state index in [2.05, 4.69) is 15.0 Å². The van der Waals surface area contributed by atoms with Crippen LogP contribution in [0.5, 0.6) is 0 Å². The molecule has 0 fully saturated rings. The maximum atomic E-state index is 11.4. The van der Waals surface area contributed by atoms with Gasteiger partial charge in [-0.05, 0) is 24.6 Å². The Morgan fingerprint density at radius 3 is 3.06 bits per heavy atom. The first-order chi connectivity index (χ1) is 8.67. The molecule has 18 heavy (non-hydrogen) atoms. The van der Waals surface area contributed by atoms with E-state index in [1.807, 2.05) is 19.1 Å². The highest BCUT2D eigenvalue weighted by Crippen LogP contribution is 2.18. The topological polar surface area (TPSA) is 88.0 Å². The van der Waals surface area contributed by atoms with Crippen LogP contribution >= 0.6 is 0 Å². The molecule has 0 aliphatic carbocycles. The molecule has 0 N–H and O–H groups in total. The van der Waals surface area contributed by atoms with Crippen molar-refractivity contribution >= 4 is 5.97 Å². The highest BCUT2D eigenvalue weighted by molar-refractivity contribution is 5.70. The smallest absolute Gasteiger partial charge is 0.306 e. The number of carbonyl (C=O) groups is 1. The number of rotatable bonds is 6. The maximum absolute atomic E-state index is 11.4. The maximum Gasteiger partial charge on any atom is 0.306 e. The monoisotopic (exact) mass is 248 g/mol. The number of hydrogen-bond donors (Lipinski definition) is 0. The summed E-state index contributed by atoms with van der Waals surface area (Å²) in [5.74, 6) is -0.248. The van der Waals surface area contributed by atoms with Gasteiger partial charge >= 0.3 is 5.97 Å². The zero-order valence-corrected chi connectivity index (χ0v) is 10.5. The molecule has 1 aromatic heterocycles. The molecule has 0 bridgehead atoms. The third kappa shape index (κ3) is 4.43. The fourth-order valence-electron chi connectivity index (χ4n) is 1.54. The van der Waals surface area contributed by atoms with Crippen molar-refractivity contribution in [3.05, 3.63) is 40.0 Å². The number of pyridine rings is 1. The van der Waals surface area contributed by atoms with Crippen molar-refractivity contribution in [1.29, 1.82) is 0 Å². The molecular weight excluding hydrogens is 232 g/mol. The number of carbonyl (C=O) groups excluding carboxylic acids is 1. The van der Waals surface area contributed by atoms with Gasteiger partial charge in [-0.1, -0.05) is 18.1 Å². The summed E-state index contributed by atoms with van der Waals surface area (Å²) in [6.07, 6.45) is 0.297. The Morgan fingerprint density at radius 1 is 1.61 bits per heavy atom. The molecule has 0 aromatic carbocycles. The van der Waals surface area contributed by atoms with Crippen molar-refractivity contribution in [2.45, 2.75) is 32.7 Å². The van der Waals surface area contributed by atoms with Crippen LogP contribution in [0.3, 0.4) is 0 Å². The van der Waals surface area contributed by atoms with E-state index in [-0.39, 0.29) is 18.4 Å². The summed E-state index contributed by atoms with van der Waals surface area (Å²) in [7, 11) is 0. The highest BCUT2D eigenvalue weighted by atomic mass is 16.5. The predicted octanol–water partition coefficient (Wildman–Crippen LogP) is 2.95. The lowest BCUT2D eigenvalue weighted by molar-refractivity contribution is -0.143. The normalized spacial score (nSPS) is 11.4. The third-order valence-electron chi connectivity index (χ3n) is 2.41. The van der Waals surface area contributed by atoms with Gasteiger partial charge in [0.15, 0.2) is 0 Å². The van der Waals surface area contributed by atoms with Crippen molar-refractivity contribution in [2.24, 2.45) is 5.11 Å². The van der Waals surface area contributed by atoms with E-state index in [0.717, 1.165) is 5.69 Å². The third-order valence-corrected chi connectivity index (χ3v) is 2.41. The molecule has 96 valence electrons. The number of nitrogens with zero attached hydrogens (tertiary/aromatic N) is 4. The van der Waals surface area contributed by atoms with Gasteiger partial charge in [0.2, 0.25) is 0 Å². The van der Waals surface area contributed by atoms with Gasteiger partial charge in [0.1, 0.15) is 0 Å². The minimum atomic E-state index is -0.229. The number of azide groups is 1. The van der Waals surface area contributed by atoms with E-state index in [0.29, 0.717) is 18.7 Å². The minimum Gasteiger partial charge on any atom is -0.466 e. The van der Waals surface area contributed by atoms with Crippen molar-refractivity contribution in [3.63, 3.8) is 0 Å². The summed E-state index contributed by atoms with van der Waals surface area (Å²) in [5, 5.41) is 3.46. The largest absolute Gasteiger partial charge is 0.466 e. The lowest BCUT2D eigenvalue weighted by atomic mass is 10.0. The predicted molar refractivity (Wildman–Crippen MR) is 66.8 cm³/mol. The Kier molecular flexibility index (Phi) is 5.67. The first-order valence-electron chi connectivity index (χ1n) is 5.79. The standard InChI is InChI=1S/C12H16N4O2/c1-3-18-12(17)7-9(2)11-6-4-5-10(15-11)8-14-16-13/h4-6,9H,3,7-8H2,1-2H3. The first kappa shape index (κ1) is 14.0. The van der Waals surface area contributed by atoms with Gasteiger partial charge in [-0.3, -0.25) is 9.78 Å². The van der Waals surface area contributed by atoms with Crippen LogP contribution in [0.15, 0.2) is 23.3 Å². The summed E-state index contributed by atoms with van der Waals surface area (Å²) in [6.45, 7) is 4.30. The number of hydrogen-bond acceptors (Lipinski definition) is 4. The van der Waals surface area contributed by atoms with Gasteiger partial charge in [0.05, 0.1) is 19.6 Å². The van der Waals surface area contributed by atoms with E-state index in [4.69, 9.17) is 10.3 Å². The van der Waals surface area contributed by atoms with E-state index in [1.165, 1.54) is 0 Å². The first-order valence-corrected chi connectivity index (χ1v) is 5.79.